The quantitative estimate of drug-likeness (QED) is 0.657. The van der Waals surface area contributed by atoms with E-state index in [1.807, 2.05) is 0 Å². The van der Waals surface area contributed by atoms with Crippen molar-refractivity contribution in [3.63, 3.8) is 0 Å². The highest BCUT2D eigenvalue weighted by Crippen LogP contribution is 2.11. The summed E-state index contributed by atoms with van der Waals surface area (Å²) in [4.78, 5) is 0. The van der Waals surface area contributed by atoms with Crippen molar-refractivity contribution in [2.75, 3.05) is 0 Å². The second-order valence-electron chi connectivity index (χ2n) is 1.45. The zero-order valence-corrected chi connectivity index (χ0v) is 6.58. The Kier molecular flexibility index (Phi) is 6.51. The lowest BCUT2D eigenvalue weighted by atomic mass is 10.3. The Morgan fingerprint density at radius 1 is 1.10 bits per heavy atom. The van der Waals surface area contributed by atoms with Crippen molar-refractivity contribution in [3.8, 4) is 5.75 Å². The summed E-state index contributed by atoms with van der Waals surface area (Å²) in [5.74, 6) is -0.875. The van der Waals surface area contributed by atoms with Gasteiger partial charge >= 0.3 is 0 Å². The Balaban J connectivity index is 0. The van der Waals surface area contributed by atoms with Crippen LogP contribution in [0.5, 0.6) is 5.75 Å². The lowest BCUT2D eigenvalue weighted by molar-refractivity contribution is 0.432. The molecule has 0 bridgehead atoms. The maximum Gasteiger partial charge on any atom is 0.164 e. The van der Waals surface area contributed by atoms with Crippen LogP contribution in [0, 0.1) is 5.82 Å². The highest BCUT2D eigenvalue weighted by Gasteiger charge is 1.91. The molecule has 0 saturated heterocycles. The summed E-state index contributed by atoms with van der Waals surface area (Å²) in [5, 5.41) is 8.54. The summed E-state index contributed by atoms with van der Waals surface area (Å²) in [6.07, 6.45) is 0. The average Bonchev–Trinajstić information content (AvgIpc) is 1.77. The smallest absolute Gasteiger partial charge is 0.164 e. The maximum atomic E-state index is 12.1. The Morgan fingerprint density at radius 3 is 1.90 bits per heavy atom. The van der Waals surface area contributed by atoms with E-state index in [0.29, 0.717) is 0 Å². The first-order valence-electron chi connectivity index (χ1n) is 2.24. The molecule has 0 heterocycles. The standard InChI is InChI=1S/C6H5FO.2ClH/c7-5-3-1-2-4-6(5)8;;/h1-4,8H;2*1H. The molecule has 58 valence electrons. The molecule has 1 aromatic rings. The van der Waals surface area contributed by atoms with Crippen LogP contribution in [0.3, 0.4) is 0 Å². The predicted molar refractivity (Wildman–Crippen MR) is 42.6 cm³/mol. The Bertz CT molecular complexity index is 172. The minimum Gasteiger partial charge on any atom is -0.505 e. The molecule has 1 N–H and O–H groups in total. The van der Waals surface area contributed by atoms with Gasteiger partial charge in [-0.1, -0.05) is 12.1 Å². The summed E-state index contributed by atoms with van der Waals surface area (Å²) in [7, 11) is 0. The number of hydrogen-bond acceptors (Lipinski definition) is 1. The minimum atomic E-state index is -0.576. The number of halogens is 3. The first-order valence-corrected chi connectivity index (χ1v) is 2.24. The van der Waals surface area contributed by atoms with Crippen LogP contribution < -0.4 is 0 Å². The third-order valence-electron chi connectivity index (χ3n) is 0.852. The van der Waals surface area contributed by atoms with E-state index in [4.69, 9.17) is 5.11 Å². The van der Waals surface area contributed by atoms with E-state index in [1.54, 1.807) is 6.07 Å². The first-order chi connectivity index (χ1) is 3.80. The first kappa shape index (κ1) is 12.2. The van der Waals surface area contributed by atoms with E-state index in [9.17, 15) is 4.39 Å². The summed E-state index contributed by atoms with van der Waals surface area (Å²) in [6.45, 7) is 0. The van der Waals surface area contributed by atoms with Crippen molar-refractivity contribution < 1.29 is 9.50 Å². The normalized spacial score (nSPS) is 7.30. The molecule has 10 heavy (non-hydrogen) atoms. The van der Waals surface area contributed by atoms with Gasteiger partial charge in [0.2, 0.25) is 0 Å². The molecule has 0 unspecified atom stereocenters. The van der Waals surface area contributed by atoms with E-state index in [2.05, 4.69) is 0 Å². The molecule has 0 saturated carbocycles. The number of aromatic hydroxyl groups is 1. The zero-order chi connectivity index (χ0) is 5.98. The lowest BCUT2D eigenvalue weighted by Gasteiger charge is -1.88. The van der Waals surface area contributed by atoms with Gasteiger partial charge in [0.25, 0.3) is 0 Å². The van der Waals surface area contributed by atoms with Crippen LogP contribution in [0.2, 0.25) is 0 Å². The number of phenolic OH excluding ortho intramolecular Hbond substituents is 1. The van der Waals surface area contributed by atoms with Gasteiger partial charge in [0.1, 0.15) is 0 Å². The molecule has 0 amide bonds. The molecule has 4 heteroatoms. The molecule has 0 atom stereocenters. The molecule has 0 spiro atoms. The van der Waals surface area contributed by atoms with Crippen molar-refractivity contribution in [2.24, 2.45) is 0 Å². The van der Waals surface area contributed by atoms with E-state index in [-0.39, 0.29) is 30.6 Å². The number of benzene rings is 1. The van der Waals surface area contributed by atoms with Crippen molar-refractivity contribution in [1.82, 2.24) is 0 Å². The number of hydrogen-bond donors (Lipinski definition) is 1. The molecule has 0 aliphatic rings. The fraction of sp³-hybridized carbons (Fsp3) is 0. The van der Waals surface area contributed by atoms with E-state index < -0.39 is 5.82 Å². The molecule has 0 radical (unpaired) electrons. The molecule has 0 fully saturated rings. The van der Waals surface area contributed by atoms with Crippen LogP contribution in [0.4, 0.5) is 4.39 Å². The SMILES string of the molecule is Cl.Cl.Oc1ccccc1F. The van der Waals surface area contributed by atoms with Gasteiger partial charge in [0.05, 0.1) is 0 Å². The van der Waals surface area contributed by atoms with Gasteiger partial charge in [-0.2, -0.15) is 0 Å². The van der Waals surface area contributed by atoms with Crippen molar-refractivity contribution in [2.45, 2.75) is 0 Å². The predicted octanol–water partition coefficient (Wildman–Crippen LogP) is 2.37. The van der Waals surface area contributed by atoms with Gasteiger partial charge < -0.3 is 5.11 Å². The average molecular weight is 185 g/mol. The highest BCUT2D eigenvalue weighted by molar-refractivity contribution is 5.85. The molecule has 1 rings (SSSR count). The van der Waals surface area contributed by atoms with Gasteiger partial charge in [-0.3, -0.25) is 0 Å². The monoisotopic (exact) mass is 184 g/mol. The van der Waals surface area contributed by atoms with Crippen molar-refractivity contribution >= 4 is 24.8 Å². The van der Waals surface area contributed by atoms with Crippen molar-refractivity contribution in [3.05, 3.63) is 30.1 Å². The van der Waals surface area contributed by atoms with Gasteiger partial charge in [0, 0.05) is 0 Å². The fourth-order valence-corrected chi connectivity index (χ4v) is 0.452. The minimum absolute atomic E-state index is 0. The summed E-state index contributed by atoms with van der Waals surface area (Å²) in [6, 6.07) is 5.60. The number of para-hydroxylation sites is 1. The van der Waals surface area contributed by atoms with E-state index >= 15 is 0 Å². The van der Waals surface area contributed by atoms with Gasteiger partial charge in [-0.15, -0.1) is 24.8 Å². The van der Waals surface area contributed by atoms with Crippen LogP contribution in [0.15, 0.2) is 24.3 Å². The molecule has 0 aromatic heterocycles. The van der Waals surface area contributed by atoms with Crippen LogP contribution in [0.1, 0.15) is 0 Å². The topological polar surface area (TPSA) is 20.2 Å². The second kappa shape index (κ2) is 5.33. The number of phenols is 1. The highest BCUT2D eigenvalue weighted by atomic mass is 35.5. The maximum absolute atomic E-state index is 12.1. The van der Waals surface area contributed by atoms with Crippen LogP contribution in [-0.2, 0) is 0 Å². The van der Waals surface area contributed by atoms with Gasteiger partial charge in [-0.25, -0.2) is 4.39 Å². The molecule has 0 aliphatic heterocycles. The summed E-state index contributed by atoms with van der Waals surface area (Å²) >= 11 is 0. The van der Waals surface area contributed by atoms with E-state index in [0.717, 1.165) is 0 Å². The lowest BCUT2D eigenvalue weighted by Crippen LogP contribution is -1.70. The fourth-order valence-electron chi connectivity index (χ4n) is 0.452. The van der Waals surface area contributed by atoms with Gasteiger partial charge in [0.15, 0.2) is 11.6 Å². The molecule has 0 aliphatic carbocycles. The molecular formula is C6H7Cl2FO. The molecule has 1 aromatic carbocycles. The third-order valence-corrected chi connectivity index (χ3v) is 0.852. The summed E-state index contributed by atoms with van der Waals surface area (Å²) < 4.78 is 12.1. The largest absolute Gasteiger partial charge is 0.505 e. The zero-order valence-electron chi connectivity index (χ0n) is 4.95. The Morgan fingerprint density at radius 2 is 1.60 bits per heavy atom. The van der Waals surface area contributed by atoms with Crippen LogP contribution >= 0.6 is 24.8 Å². The van der Waals surface area contributed by atoms with Crippen LogP contribution in [0.25, 0.3) is 0 Å². The third kappa shape index (κ3) is 2.90. The molecule has 1 nitrogen and oxygen atoms in total. The Labute approximate surface area is 70.7 Å². The Hall–Kier alpha value is -0.470. The number of rotatable bonds is 0. The van der Waals surface area contributed by atoms with Gasteiger partial charge in [-0.05, 0) is 12.1 Å². The second-order valence-corrected chi connectivity index (χ2v) is 1.45. The molecular weight excluding hydrogens is 178 g/mol. The summed E-state index contributed by atoms with van der Waals surface area (Å²) in [5.41, 5.74) is 0. The van der Waals surface area contributed by atoms with Crippen LogP contribution in [-0.4, -0.2) is 5.11 Å². The van der Waals surface area contributed by atoms with Crippen molar-refractivity contribution in [1.29, 1.82) is 0 Å². The van der Waals surface area contributed by atoms with E-state index in [1.165, 1.54) is 18.2 Å².